The van der Waals surface area contributed by atoms with E-state index in [1.54, 1.807) is 0 Å². The van der Waals surface area contributed by atoms with Crippen LogP contribution in [0, 0.1) is 0 Å². The standard InChI is InChI=1S/C8H19Cl2N2O3P/c9-3-5-12(6-4-10)16(11,14)15-8-2-1-7-13/h13H,1-8H2,(H2,11,14). The molecule has 0 saturated carbocycles. The predicted molar refractivity (Wildman–Crippen MR) is 67.1 cm³/mol. The fourth-order valence-electron chi connectivity index (χ4n) is 1.08. The number of aliphatic hydroxyl groups excluding tert-OH is 1. The van der Waals surface area contributed by atoms with Crippen LogP contribution in [-0.4, -0.2) is 47.8 Å². The van der Waals surface area contributed by atoms with Crippen LogP contribution in [-0.2, 0) is 9.09 Å². The minimum absolute atomic E-state index is 0.0886. The van der Waals surface area contributed by atoms with Crippen molar-refractivity contribution in [2.45, 2.75) is 12.8 Å². The maximum atomic E-state index is 12.0. The number of alkyl halides is 2. The fraction of sp³-hybridized carbons (Fsp3) is 1.00. The Kier molecular flexibility index (Phi) is 10.0. The molecule has 1 atom stereocenters. The second kappa shape index (κ2) is 9.66. The third-order valence-corrected chi connectivity index (χ3v) is 3.99. The Balaban J connectivity index is 4.07. The van der Waals surface area contributed by atoms with Crippen molar-refractivity contribution in [3.05, 3.63) is 0 Å². The maximum Gasteiger partial charge on any atom is 0.340 e. The lowest BCUT2D eigenvalue weighted by molar-refractivity contribution is 0.235. The van der Waals surface area contributed by atoms with E-state index in [1.165, 1.54) is 4.67 Å². The summed E-state index contributed by atoms with van der Waals surface area (Å²) in [7, 11) is -3.29. The van der Waals surface area contributed by atoms with Gasteiger partial charge >= 0.3 is 7.67 Å². The number of hydrogen-bond donors (Lipinski definition) is 2. The average molecular weight is 293 g/mol. The van der Waals surface area contributed by atoms with E-state index in [4.69, 9.17) is 38.3 Å². The smallest absolute Gasteiger partial charge is 0.340 e. The summed E-state index contributed by atoms with van der Waals surface area (Å²) in [6, 6.07) is 0. The molecule has 0 fully saturated rings. The van der Waals surface area contributed by atoms with Crippen molar-refractivity contribution in [3.63, 3.8) is 0 Å². The molecule has 0 bridgehead atoms. The minimum Gasteiger partial charge on any atom is -0.396 e. The lowest BCUT2D eigenvalue weighted by Gasteiger charge is -2.26. The quantitative estimate of drug-likeness (QED) is 0.364. The van der Waals surface area contributed by atoms with E-state index in [0.29, 0.717) is 37.7 Å². The van der Waals surface area contributed by atoms with Gasteiger partial charge in [0.15, 0.2) is 0 Å². The summed E-state index contributed by atoms with van der Waals surface area (Å²) < 4.78 is 18.6. The van der Waals surface area contributed by atoms with Gasteiger partial charge in [-0.1, -0.05) is 0 Å². The number of halogens is 2. The topological polar surface area (TPSA) is 75.8 Å². The van der Waals surface area contributed by atoms with Gasteiger partial charge in [0.1, 0.15) is 0 Å². The SMILES string of the molecule is NP(=O)(OCCCCO)N(CCCl)CCCl. The van der Waals surface area contributed by atoms with Crippen LogP contribution in [0.2, 0.25) is 0 Å². The van der Waals surface area contributed by atoms with Crippen LogP contribution in [0.3, 0.4) is 0 Å². The molecule has 0 rings (SSSR count). The average Bonchev–Trinajstić information content (AvgIpc) is 2.24. The van der Waals surface area contributed by atoms with Crippen molar-refractivity contribution in [2.75, 3.05) is 38.1 Å². The van der Waals surface area contributed by atoms with Crippen LogP contribution in [0.25, 0.3) is 0 Å². The lowest BCUT2D eigenvalue weighted by atomic mass is 10.3. The Labute approximate surface area is 106 Å². The van der Waals surface area contributed by atoms with Gasteiger partial charge in [-0.3, -0.25) is 4.57 Å². The molecule has 8 heteroatoms. The van der Waals surface area contributed by atoms with Gasteiger partial charge in [-0.15, -0.1) is 23.2 Å². The van der Waals surface area contributed by atoms with E-state index in [2.05, 4.69) is 0 Å². The van der Waals surface area contributed by atoms with Crippen molar-refractivity contribution in [1.29, 1.82) is 0 Å². The molecule has 1 unspecified atom stereocenters. The third-order valence-electron chi connectivity index (χ3n) is 1.91. The number of rotatable bonds is 10. The zero-order valence-electron chi connectivity index (χ0n) is 9.15. The normalized spacial score (nSPS) is 15.3. The zero-order valence-corrected chi connectivity index (χ0v) is 11.6. The molecule has 5 nitrogen and oxygen atoms in total. The molecular weight excluding hydrogens is 274 g/mol. The largest absolute Gasteiger partial charge is 0.396 e. The van der Waals surface area contributed by atoms with Crippen LogP contribution >= 0.6 is 30.9 Å². The Morgan fingerprint density at radius 2 is 1.81 bits per heavy atom. The van der Waals surface area contributed by atoms with Crippen LogP contribution in [0.1, 0.15) is 12.8 Å². The van der Waals surface area contributed by atoms with Crippen molar-refractivity contribution in [2.24, 2.45) is 5.50 Å². The monoisotopic (exact) mass is 292 g/mol. The Morgan fingerprint density at radius 3 is 2.25 bits per heavy atom. The molecule has 0 heterocycles. The molecule has 0 radical (unpaired) electrons. The highest BCUT2D eigenvalue weighted by atomic mass is 35.5. The van der Waals surface area contributed by atoms with Crippen LogP contribution in [0.5, 0.6) is 0 Å². The summed E-state index contributed by atoms with van der Waals surface area (Å²) >= 11 is 11.1. The summed E-state index contributed by atoms with van der Waals surface area (Å²) in [5.41, 5.74) is 5.59. The Bertz CT molecular complexity index is 215. The Hall–Kier alpha value is 0.650. The van der Waals surface area contributed by atoms with Crippen LogP contribution in [0.4, 0.5) is 0 Å². The van der Waals surface area contributed by atoms with Gasteiger partial charge in [-0.2, -0.15) is 0 Å². The number of nitrogens with zero attached hydrogens (tertiary/aromatic N) is 1. The van der Waals surface area contributed by atoms with E-state index >= 15 is 0 Å². The van der Waals surface area contributed by atoms with Gasteiger partial charge in [0.25, 0.3) is 0 Å². The van der Waals surface area contributed by atoms with E-state index < -0.39 is 7.67 Å². The van der Waals surface area contributed by atoms with E-state index in [1.807, 2.05) is 0 Å². The molecule has 0 aliphatic carbocycles. The van der Waals surface area contributed by atoms with E-state index in [9.17, 15) is 4.57 Å². The number of hydrogen-bond acceptors (Lipinski definition) is 3. The fourth-order valence-corrected chi connectivity index (χ4v) is 3.03. The molecule has 0 aromatic rings. The van der Waals surface area contributed by atoms with Gasteiger partial charge in [0.05, 0.1) is 6.61 Å². The highest BCUT2D eigenvalue weighted by Crippen LogP contribution is 2.42. The first kappa shape index (κ1) is 16.6. The maximum absolute atomic E-state index is 12.0. The highest BCUT2D eigenvalue weighted by molar-refractivity contribution is 7.53. The summed E-state index contributed by atoms with van der Waals surface area (Å²) in [5.74, 6) is 0.635. The first-order valence-electron chi connectivity index (χ1n) is 5.10. The molecule has 16 heavy (non-hydrogen) atoms. The molecule has 0 saturated heterocycles. The molecule has 0 aliphatic heterocycles. The first-order valence-corrected chi connectivity index (χ1v) is 7.81. The number of nitrogens with two attached hydrogens (primary N) is 1. The second-order valence-electron chi connectivity index (χ2n) is 3.16. The summed E-state index contributed by atoms with van der Waals surface area (Å²) in [6.45, 7) is 1.10. The van der Waals surface area contributed by atoms with Gasteiger partial charge in [-0.05, 0) is 12.8 Å². The molecule has 3 N–H and O–H groups in total. The first-order chi connectivity index (χ1) is 7.58. The van der Waals surface area contributed by atoms with Gasteiger partial charge in [0, 0.05) is 31.5 Å². The highest BCUT2D eigenvalue weighted by Gasteiger charge is 2.26. The lowest BCUT2D eigenvalue weighted by Crippen LogP contribution is -2.29. The van der Waals surface area contributed by atoms with Crippen LogP contribution in [0.15, 0.2) is 0 Å². The van der Waals surface area contributed by atoms with Gasteiger partial charge in [0.2, 0.25) is 0 Å². The van der Waals surface area contributed by atoms with Crippen molar-refractivity contribution in [3.8, 4) is 0 Å². The third kappa shape index (κ3) is 7.07. The van der Waals surface area contributed by atoms with E-state index in [0.717, 1.165) is 0 Å². The zero-order chi connectivity index (χ0) is 12.4. The number of aliphatic hydroxyl groups is 1. The Morgan fingerprint density at radius 1 is 1.25 bits per heavy atom. The molecule has 98 valence electrons. The van der Waals surface area contributed by atoms with E-state index in [-0.39, 0.29) is 13.2 Å². The molecule has 0 aliphatic rings. The minimum atomic E-state index is -3.29. The van der Waals surface area contributed by atoms with Crippen molar-refractivity contribution < 1.29 is 14.2 Å². The molecule has 0 aromatic heterocycles. The summed E-state index contributed by atoms with van der Waals surface area (Å²) in [5, 5.41) is 8.57. The van der Waals surface area contributed by atoms with Crippen molar-refractivity contribution >= 4 is 30.9 Å². The van der Waals surface area contributed by atoms with Gasteiger partial charge < -0.3 is 9.63 Å². The summed E-state index contributed by atoms with van der Waals surface area (Å²) in [6.07, 6.45) is 1.22. The molecule has 0 amide bonds. The molecular formula is C8H19Cl2N2O3P. The van der Waals surface area contributed by atoms with Crippen LogP contribution < -0.4 is 5.50 Å². The number of unbranched alkanes of at least 4 members (excludes halogenated alkanes) is 1. The second-order valence-corrected chi connectivity index (χ2v) is 5.87. The predicted octanol–water partition coefficient (Wildman–Crippen LogP) is 1.62. The molecule has 0 aromatic carbocycles. The van der Waals surface area contributed by atoms with Gasteiger partial charge in [-0.25, -0.2) is 10.2 Å². The summed E-state index contributed by atoms with van der Waals surface area (Å²) in [4.78, 5) is 0. The van der Waals surface area contributed by atoms with Crippen molar-refractivity contribution in [1.82, 2.24) is 4.67 Å². The molecule has 0 spiro atoms.